The van der Waals surface area contributed by atoms with Crippen molar-refractivity contribution in [3.05, 3.63) is 122 Å². The molecule has 178 valence electrons. The van der Waals surface area contributed by atoms with E-state index in [1.54, 1.807) is 42.7 Å². The topological polar surface area (TPSA) is 98.9 Å². The smallest absolute Gasteiger partial charge is 0.346 e. The quantitative estimate of drug-likeness (QED) is 0.445. The second kappa shape index (κ2) is 10.3. The standard InChI is InChI=1S/C26H24FN5O3/c1-17(2)19-9-11-21(12-10-19)32-26(35)31(16-20-7-3-4-8-22(20)27)25(34)23(30-32)24(33)29-15-18-6-5-13-28-14-18/h3-14,17H,15-16H2,1-2H3,(H,29,33). The number of nitrogens with one attached hydrogen (secondary N) is 1. The Labute approximate surface area is 200 Å². The van der Waals surface area contributed by atoms with Gasteiger partial charge in [-0.25, -0.2) is 9.18 Å². The van der Waals surface area contributed by atoms with Crippen LogP contribution in [0.5, 0.6) is 0 Å². The first-order valence-corrected chi connectivity index (χ1v) is 11.1. The van der Waals surface area contributed by atoms with Crippen molar-refractivity contribution in [1.29, 1.82) is 0 Å². The summed E-state index contributed by atoms with van der Waals surface area (Å²) in [4.78, 5) is 43.4. The molecule has 0 aliphatic carbocycles. The molecule has 8 nitrogen and oxygen atoms in total. The largest absolute Gasteiger partial charge is 0.352 e. The molecule has 0 spiro atoms. The van der Waals surface area contributed by atoms with Gasteiger partial charge in [0.2, 0.25) is 5.69 Å². The number of halogens is 1. The van der Waals surface area contributed by atoms with Gasteiger partial charge in [0.05, 0.1) is 12.2 Å². The van der Waals surface area contributed by atoms with E-state index in [0.29, 0.717) is 5.69 Å². The van der Waals surface area contributed by atoms with Gasteiger partial charge in [-0.3, -0.25) is 19.1 Å². The molecule has 0 saturated carbocycles. The van der Waals surface area contributed by atoms with Gasteiger partial charge in [-0.2, -0.15) is 9.78 Å². The van der Waals surface area contributed by atoms with Crippen molar-refractivity contribution in [2.24, 2.45) is 0 Å². The van der Waals surface area contributed by atoms with Crippen molar-refractivity contribution in [2.75, 3.05) is 0 Å². The number of aromatic nitrogens is 4. The van der Waals surface area contributed by atoms with E-state index in [-0.39, 0.29) is 24.6 Å². The lowest BCUT2D eigenvalue weighted by Gasteiger charge is -2.13. The van der Waals surface area contributed by atoms with Crippen molar-refractivity contribution in [1.82, 2.24) is 24.6 Å². The Kier molecular flexibility index (Phi) is 6.96. The summed E-state index contributed by atoms with van der Waals surface area (Å²) in [6.45, 7) is 3.85. The van der Waals surface area contributed by atoms with Crippen molar-refractivity contribution in [3.63, 3.8) is 0 Å². The van der Waals surface area contributed by atoms with Gasteiger partial charge in [0.1, 0.15) is 5.82 Å². The molecule has 35 heavy (non-hydrogen) atoms. The van der Waals surface area contributed by atoms with Gasteiger partial charge in [-0.05, 0) is 41.3 Å². The number of hydrogen-bond donors (Lipinski definition) is 1. The number of hydrogen-bond acceptors (Lipinski definition) is 5. The van der Waals surface area contributed by atoms with Crippen LogP contribution in [-0.2, 0) is 13.1 Å². The summed E-state index contributed by atoms with van der Waals surface area (Å²) in [5, 5.41) is 6.74. The minimum absolute atomic E-state index is 0.114. The molecule has 0 aliphatic heterocycles. The molecule has 0 aliphatic rings. The average Bonchev–Trinajstić information content (AvgIpc) is 2.87. The van der Waals surface area contributed by atoms with Gasteiger partial charge < -0.3 is 5.32 Å². The second-order valence-electron chi connectivity index (χ2n) is 8.32. The van der Waals surface area contributed by atoms with E-state index in [1.807, 2.05) is 26.0 Å². The van der Waals surface area contributed by atoms with Crippen LogP contribution in [0.1, 0.15) is 46.9 Å². The Balaban J connectivity index is 1.79. The minimum atomic E-state index is -0.906. The van der Waals surface area contributed by atoms with Crippen LogP contribution in [0.15, 0.2) is 82.6 Å². The van der Waals surface area contributed by atoms with Gasteiger partial charge in [-0.15, -0.1) is 0 Å². The first-order valence-electron chi connectivity index (χ1n) is 11.1. The fourth-order valence-corrected chi connectivity index (χ4v) is 3.53. The number of carbonyl (C=O) groups excluding carboxylic acids is 1. The maximum absolute atomic E-state index is 14.3. The van der Waals surface area contributed by atoms with Gasteiger partial charge in [0.15, 0.2) is 0 Å². The van der Waals surface area contributed by atoms with Gasteiger partial charge in [-0.1, -0.05) is 50.2 Å². The molecule has 1 N–H and O–H groups in total. The third-order valence-corrected chi connectivity index (χ3v) is 5.54. The number of benzene rings is 2. The van der Waals surface area contributed by atoms with Crippen LogP contribution in [0.2, 0.25) is 0 Å². The van der Waals surface area contributed by atoms with E-state index in [4.69, 9.17) is 0 Å². The first kappa shape index (κ1) is 23.7. The molecule has 9 heteroatoms. The maximum Gasteiger partial charge on any atom is 0.352 e. The molecule has 2 aromatic heterocycles. The van der Waals surface area contributed by atoms with E-state index < -0.39 is 28.7 Å². The Bertz CT molecular complexity index is 1460. The summed E-state index contributed by atoms with van der Waals surface area (Å²) in [5.41, 5.74) is 0.138. The molecule has 2 aromatic carbocycles. The summed E-state index contributed by atoms with van der Waals surface area (Å²) < 4.78 is 16.1. The molecule has 0 atom stereocenters. The van der Waals surface area contributed by atoms with Crippen LogP contribution in [0, 0.1) is 5.82 Å². The molecule has 0 saturated heterocycles. The number of pyridine rings is 1. The van der Waals surface area contributed by atoms with E-state index >= 15 is 0 Å². The zero-order valence-corrected chi connectivity index (χ0v) is 19.3. The van der Waals surface area contributed by atoms with E-state index in [1.165, 1.54) is 18.2 Å². The third kappa shape index (κ3) is 5.24. The highest BCUT2D eigenvalue weighted by molar-refractivity contribution is 5.91. The number of carbonyl (C=O) groups is 1. The van der Waals surface area contributed by atoms with E-state index in [2.05, 4.69) is 15.4 Å². The van der Waals surface area contributed by atoms with Crippen molar-refractivity contribution in [3.8, 4) is 5.69 Å². The average molecular weight is 474 g/mol. The molecule has 1 amide bonds. The lowest BCUT2D eigenvalue weighted by Crippen LogP contribution is -2.46. The number of rotatable bonds is 7. The molecule has 2 heterocycles. The summed E-state index contributed by atoms with van der Waals surface area (Å²) in [5.74, 6) is -1.04. The molecule has 0 unspecified atom stereocenters. The zero-order chi connectivity index (χ0) is 24.9. The normalized spacial score (nSPS) is 11.0. The molecule has 4 aromatic rings. The Morgan fingerprint density at radius 3 is 2.43 bits per heavy atom. The highest BCUT2D eigenvalue weighted by Gasteiger charge is 2.21. The first-order chi connectivity index (χ1) is 16.8. The fourth-order valence-electron chi connectivity index (χ4n) is 3.53. The van der Waals surface area contributed by atoms with Crippen LogP contribution in [-0.4, -0.2) is 25.2 Å². The van der Waals surface area contributed by atoms with Crippen LogP contribution in [0.4, 0.5) is 4.39 Å². The van der Waals surface area contributed by atoms with Gasteiger partial charge >= 0.3 is 5.69 Å². The minimum Gasteiger partial charge on any atom is -0.346 e. The van der Waals surface area contributed by atoms with Crippen molar-refractivity contribution >= 4 is 5.91 Å². The summed E-state index contributed by atoms with van der Waals surface area (Å²) in [6.07, 6.45) is 3.19. The van der Waals surface area contributed by atoms with Crippen LogP contribution in [0.25, 0.3) is 5.69 Å². The van der Waals surface area contributed by atoms with Crippen molar-refractivity contribution in [2.45, 2.75) is 32.9 Å². The summed E-state index contributed by atoms with van der Waals surface area (Å²) in [7, 11) is 0. The Morgan fingerprint density at radius 2 is 1.77 bits per heavy atom. The van der Waals surface area contributed by atoms with Gasteiger partial charge in [0.25, 0.3) is 11.5 Å². The third-order valence-electron chi connectivity index (χ3n) is 5.54. The maximum atomic E-state index is 14.3. The lowest BCUT2D eigenvalue weighted by molar-refractivity contribution is 0.0941. The predicted molar refractivity (Wildman–Crippen MR) is 129 cm³/mol. The molecular weight excluding hydrogens is 449 g/mol. The molecule has 4 rings (SSSR count). The SMILES string of the molecule is CC(C)c1ccc(-n2nc(C(=O)NCc3cccnc3)c(=O)n(Cc3ccccc3F)c2=O)cc1. The predicted octanol–water partition coefficient (Wildman–Crippen LogP) is 3.03. The van der Waals surface area contributed by atoms with Crippen LogP contribution < -0.4 is 16.6 Å². The second-order valence-corrected chi connectivity index (χ2v) is 8.32. The Hall–Kier alpha value is -4.40. The van der Waals surface area contributed by atoms with Crippen LogP contribution in [0.3, 0.4) is 0 Å². The van der Waals surface area contributed by atoms with E-state index in [9.17, 15) is 18.8 Å². The van der Waals surface area contributed by atoms with Crippen LogP contribution >= 0.6 is 0 Å². The molecule has 0 fully saturated rings. The monoisotopic (exact) mass is 473 g/mol. The summed E-state index contributed by atoms with van der Waals surface area (Å²) in [6, 6.07) is 16.4. The highest BCUT2D eigenvalue weighted by Crippen LogP contribution is 2.16. The zero-order valence-electron chi connectivity index (χ0n) is 19.3. The molecular formula is C26H24FN5O3. The number of nitrogens with zero attached hydrogens (tertiary/aromatic N) is 4. The van der Waals surface area contributed by atoms with Crippen molar-refractivity contribution < 1.29 is 9.18 Å². The summed E-state index contributed by atoms with van der Waals surface area (Å²) >= 11 is 0. The number of amides is 1. The Morgan fingerprint density at radius 1 is 1.03 bits per heavy atom. The van der Waals surface area contributed by atoms with E-state index in [0.717, 1.165) is 20.4 Å². The molecule has 0 bridgehead atoms. The van der Waals surface area contributed by atoms with Gasteiger partial charge in [0, 0.05) is 24.5 Å². The highest BCUT2D eigenvalue weighted by atomic mass is 19.1. The lowest BCUT2D eigenvalue weighted by atomic mass is 10.0. The molecule has 0 radical (unpaired) electrons. The fraction of sp³-hybridized carbons (Fsp3) is 0.192.